The van der Waals surface area contributed by atoms with Crippen molar-refractivity contribution in [2.45, 2.75) is 26.5 Å². The van der Waals surface area contributed by atoms with Gasteiger partial charge in [-0.3, -0.25) is 4.79 Å². The molecule has 2 aromatic heterocycles. The highest BCUT2D eigenvalue weighted by Gasteiger charge is 2.18. The van der Waals surface area contributed by atoms with Gasteiger partial charge >= 0.3 is 5.97 Å². The van der Waals surface area contributed by atoms with Gasteiger partial charge in [0.2, 0.25) is 5.91 Å². The maximum absolute atomic E-state index is 12.6. The lowest BCUT2D eigenvalue weighted by atomic mass is 10.2. The fraction of sp³-hybridized carbons (Fsp3) is 0.200. The van der Waals surface area contributed by atoms with E-state index in [2.05, 4.69) is 15.3 Å². The number of benzene rings is 2. The van der Waals surface area contributed by atoms with Crippen molar-refractivity contribution in [2.24, 2.45) is 0 Å². The first-order valence-electron chi connectivity index (χ1n) is 10.5. The van der Waals surface area contributed by atoms with E-state index in [0.29, 0.717) is 27.8 Å². The summed E-state index contributed by atoms with van der Waals surface area (Å²) >= 11 is 2.66. The van der Waals surface area contributed by atoms with Crippen molar-refractivity contribution in [2.75, 3.05) is 7.11 Å². The first-order valence-corrected chi connectivity index (χ1v) is 12.2. The number of methoxy groups -OCH3 is 1. The Hall–Kier alpha value is -3.56. The van der Waals surface area contributed by atoms with Crippen molar-refractivity contribution in [3.8, 4) is 16.3 Å². The lowest BCUT2D eigenvalue weighted by Gasteiger charge is -2.04. The molecule has 0 radical (unpaired) electrons. The third-order valence-electron chi connectivity index (χ3n) is 4.91. The number of amides is 1. The minimum absolute atomic E-state index is 0.0379. The van der Waals surface area contributed by atoms with Crippen LogP contribution in [0.4, 0.5) is 0 Å². The molecule has 4 aromatic rings. The highest BCUT2D eigenvalue weighted by Crippen LogP contribution is 2.29. The number of aromatic nitrogens is 2. The normalized spacial score (nSPS) is 10.6. The topological polar surface area (TPSA) is 90.4 Å². The lowest BCUT2D eigenvalue weighted by molar-refractivity contribution is -0.120. The number of carbonyl (C=O) groups is 2. The molecule has 9 heteroatoms. The Labute approximate surface area is 205 Å². The van der Waals surface area contributed by atoms with Crippen LogP contribution in [0.15, 0.2) is 60.0 Å². The number of nitrogens with zero attached hydrogens (tertiary/aromatic N) is 2. The molecule has 174 valence electrons. The van der Waals surface area contributed by atoms with Gasteiger partial charge in [-0.05, 0) is 36.8 Å². The quantitative estimate of drug-likeness (QED) is 0.337. The number of carbonyl (C=O) groups excluding carboxylic acids is 2. The summed E-state index contributed by atoms with van der Waals surface area (Å²) in [5.74, 6) is 0.214. The van der Waals surface area contributed by atoms with Gasteiger partial charge < -0.3 is 14.8 Å². The number of rotatable bonds is 9. The molecule has 4 rings (SSSR count). The maximum Gasteiger partial charge on any atom is 0.350 e. The van der Waals surface area contributed by atoms with Crippen LogP contribution in [-0.4, -0.2) is 29.0 Å². The van der Waals surface area contributed by atoms with Gasteiger partial charge in [0.1, 0.15) is 27.2 Å². The molecule has 0 spiro atoms. The third-order valence-corrected chi connectivity index (χ3v) is 7.00. The SMILES string of the molecule is COc1ccc(-c2nc(C)c(C(=O)OCc3csc(CC(=O)NCc4ccccc4)n3)s2)cc1. The molecule has 1 amide bonds. The van der Waals surface area contributed by atoms with E-state index in [4.69, 9.17) is 9.47 Å². The summed E-state index contributed by atoms with van der Waals surface area (Å²) in [6, 6.07) is 17.2. The highest BCUT2D eigenvalue weighted by molar-refractivity contribution is 7.17. The van der Waals surface area contributed by atoms with Gasteiger partial charge in [0.05, 0.1) is 24.9 Å². The second-order valence-corrected chi connectivity index (χ2v) is 9.35. The molecular weight excluding hydrogens is 470 g/mol. The molecule has 2 heterocycles. The fourth-order valence-electron chi connectivity index (χ4n) is 3.14. The molecule has 0 saturated heterocycles. The second-order valence-electron chi connectivity index (χ2n) is 7.41. The molecule has 0 unspecified atom stereocenters. The van der Waals surface area contributed by atoms with Gasteiger partial charge in [0.25, 0.3) is 0 Å². The van der Waals surface area contributed by atoms with Crippen LogP contribution in [-0.2, 0) is 29.1 Å². The maximum atomic E-state index is 12.6. The molecule has 0 fully saturated rings. The van der Waals surface area contributed by atoms with Gasteiger partial charge in [-0.1, -0.05) is 30.3 Å². The number of hydrogen-bond donors (Lipinski definition) is 1. The van der Waals surface area contributed by atoms with Gasteiger partial charge in [0.15, 0.2) is 0 Å². The van der Waals surface area contributed by atoms with Crippen LogP contribution < -0.4 is 10.1 Å². The van der Waals surface area contributed by atoms with Crippen molar-refractivity contribution in [1.82, 2.24) is 15.3 Å². The van der Waals surface area contributed by atoms with E-state index in [1.807, 2.05) is 54.6 Å². The van der Waals surface area contributed by atoms with Crippen LogP contribution in [0, 0.1) is 6.92 Å². The van der Waals surface area contributed by atoms with Crippen molar-refractivity contribution < 1.29 is 19.1 Å². The summed E-state index contributed by atoms with van der Waals surface area (Å²) in [5, 5.41) is 6.10. The van der Waals surface area contributed by atoms with Crippen molar-refractivity contribution in [3.05, 3.63) is 86.8 Å². The van der Waals surface area contributed by atoms with Gasteiger partial charge in [-0.2, -0.15) is 0 Å². The average Bonchev–Trinajstić information content (AvgIpc) is 3.48. The van der Waals surface area contributed by atoms with Crippen molar-refractivity contribution in [3.63, 3.8) is 0 Å². The van der Waals surface area contributed by atoms with Crippen LogP contribution in [0.2, 0.25) is 0 Å². The number of nitrogens with one attached hydrogen (secondary N) is 1. The van der Waals surface area contributed by atoms with E-state index in [1.54, 1.807) is 19.4 Å². The van der Waals surface area contributed by atoms with Gasteiger partial charge in [-0.15, -0.1) is 22.7 Å². The molecule has 0 saturated carbocycles. The van der Waals surface area contributed by atoms with E-state index in [-0.39, 0.29) is 18.9 Å². The van der Waals surface area contributed by atoms with Crippen LogP contribution in [0.5, 0.6) is 5.75 Å². The van der Waals surface area contributed by atoms with Crippen LogP contribution >= 0.6 is 22.7 Å². The molecule has 34 heavy (non-hydrogen) atoms. The number of ether oxygens (including phenoxy) is 2. The zero-order valence-electron chi connectivity index (χ0n) is 18.7. The van der Waals surface area contributed by atoms with Crippen LogP contribution in [0.25, 0.3) is 10.6 Å². The number of hydrogen-bond acceptors (Lipinski definition) is 8. The predicted octanol–water partition coefficient (Wildman–Crippen LogP) is 4.80. The Balaban J connectivity index is 1.29. The van der Waals surface area contributed by atoms with E-state index >= 15 is 0 Å². The molecule has 1 N–H and O–H groups in total. The van der Waals surface area contributed by atoms with E-state index in [1.165, 1.54) is 22.7 Å². The first-order chi connectivity index (χ1) is 16.5. The van der Waals surface area contributed by atoms with Crippen molar-refractivity contribution >= 4 is 34.6 Å². The smallest absolute Gasteiger partial charge is 0.350 e. The Bertz CT molecular complexity index is 1270. The summed E-state index contributed by atoms with van der Waals surface area (Å²) in [6.45, 7) is 2.30. The number of thiazole rings is 2. The summed E-state index contributed by atoms with van der Waals surface area (Å²) < 4.78 is 10.6. The number of aryl methyl sites for hydroxylation is 1. The van der Waals surface area contributed by atoms with Crippen LogP contribution in [0.3, 0.4) is 0 Å². The molecule has 0 aliphatic rings. The summed E-state index contributed by atoms with van der Waals surface area (Å²) in [4.78, 5) is 34.2. The zero-order chi connectivity index (χ0) is 23.9. The molecule has 0 atom stereocenters. The predicted molar refractivity (Wildman–Crippen MR) is 132 cm³/mol. The monoisotopic (exact) mass is 493 g/mol. The molecule has 7 nitrogen and oxygen atoms in total. The van der Waals surface area contributed by atoms with Crippen LogP contribution in [0.1, 0.15) is 31.6 Å². The largest absolute Gasteiger partial charge is 0.497 e. The molecule has 0 aliphatic carbocycles. The Kier molecular flexibility index (Phi) is 7.66. The average molecular weight is 494 g/mol. The summed E-state index contributed by atoms with van der Waals surface area (Å²) in [7, 11) is 1.61. The molecule has 0 bridgehead atoms. The minimum Gasteiger partial charge on any atom is -0.497 e. The van der Waals surface area contributed by atoms with Crippen molar-refractivity contribution in [1.29, 1.82) is 0 Å². The third kappa shape index (κ3) is 6.06. The van der Waals surface area contributed by atoms with E-state index < -0.39 is 5.97 Å². The minimum atomic E-state index is -0.440. The summed E-state index contributed by atoms with van der Waals surface area (Å²) in [6.07, 6.45) is 0.185. The van der Waals surface area contributed by atoms with E-state index in [0.717, 1.165) is 21.9 Å². The molecule has 2 aromatic carbocycles. The zero-order valence-corrected chi connectivity index (χ0v) is 20.4. The fourth-order valence-corrected chi connectivity index (χ4v) is 4.88. The first kappa shape index (κ1) is 23.6. The number of esters is 1. The highest BCUT2D eigenvalue weighted by atomic mass is 32.1. The molecule has 0 aliphatic heterocycles. The lowest BCUT2D eigenvalue weighted by Crippen LogP contribution is -2.24. The van der Waals surface area contributed by atoms with Gasteiger partial charge in [0, 0.05) is 17.5 Å². The summed E-state index contributed by atoms with van der Waals surface area (Å²) in [5.41, 5.74) is 3.18. The Morgan fingerprint density at radius 3 is 2.53 bits per heavy atom. The van der Waals surface area contributed by atoms with Gasteiger partial charge in [-0.25, -0.2) is 14.8 Å². The molecular formula is C25H23N3O4S2. The second kappa shape index (κ2) is 11.0. The Morgan fingerprint density at radius 1 is 1.03 bits per heavy atom. The standard InChI is InChI=1S/C25H23N3O4S2/c1-16-23(34-24(27-16)18-8-10-20(31-2)11-9-18)25(30)32-14-19-15-33-22(28-19)12-21(29)26-13-17-6-4-3-5-7-17/h3-11,15H,12-14H2,1-2H3,(H,26,29). The van der Waals surface area contributed by atoms with E-state index in [9.17, 15) is 9.59 Å². The Morgan fingerprint density at radius 2 is 1.79 bits per heavy atom.